The van der Waals surface area contributed by atoms with Gasteiger partial charge in [0.25, 0.3) is 0 Å². The van der Waals surface area contributed by atoms with Crippen LogP contribution in [0, 0.1) is 17.2 Å². The molecule has 90 valence electrons. The van der Waals surface area contributed by atoms with Crippen LogP contribution in [0.2, 0.25) is 0 Å². The molecule has 0 amide bonds. The number of halogens is 1. The molecule has 0 N–H and O–H groups in total. The molecule has 17 heavy (non-hydrogen) atoms. The molecular weight excluding hydrogens is 302 g/mol. The second-order valence-corrected chi connectivity index (χ2v) is 7.51. The molecule has 0 radical (unpaired) electrons. The summed E-state index contributed by atoms with van der Waals surface area (Å²) in [6, 6.07) is 9.33. The fraction of sp³-hybridized carbons (Fsp3) is 0.417. The van der Waals surface area contributed by atoms with Gasteiger partial charge in [-0.15, -0.1) is 0 Å². The van der Waals surface area contributed by atoms with Crippen LogP contribution in [0.25, 0.3) is 0 Å². The van der Waals surface area contributed by atoms with E-state index in [4.69, 9.17) is 5.26 Å². The number of sulfone groups is 1. The highest BCUT2D eigenvalue weighted by atomic mass is 79.9. The van der Waals surface area contributed by atoms with Gasteiger partial charge in [0.2, 0.25) is 0 Å². The molecule has 2 atom stereocenters. The van der Waals surface area contributed by atoms with Crippen LogP contribution in [-0.2, 0) is 9.84 Å². The van der Waals surface area contributed by atoms with E-state index in [9.17, 15) is 8.42 Å². The second-order valence-electron chi connectivity index (χ2n) is 4.30. The van der Waals surface area contributed by atoms with Crippen LogP contribution in [0.1, 0.15) is 22.4 Å². The summed E-state index contributed by atoms with van der Waals surface area (Å²) < 4.78 is 22.8. The molecule has 0 aromatic heterocycles. The van der Waals surface area contributed by atoms with E-state index in [1.807, 2.05) is 12.1 Å². The Labute approximate surface area is 110 Å². The molecule has 1 saturated heterocycles. The lowest BCUT2D eigenvalue weighted by atomic mass is 9.98. The zero-order chi connectivity index (χ0) is 12.5. The Morgan fingerprint density at radius 1 is 1.35 bits per heavy atom. The lowest BCUT2D eigenvalue weighted by molar-refractivity contribution is 0.580. The standard InChI is InChI=1S/C12H12BrNO2S/c13-12(11-5-6-17(15,16)8-11)10-3-1-9(7-14)2-4-10/h1-4,11-12H,5-6,8H2. The molecule has 1 aliphatic heterocycles. The fourth-order valence-electron chi connectivity index (χ4n) is 2.07. The van der Waals surface area contributed by atoms with Gasteiger partial charge in [0.1, 0.15) is 0 Å². The number of benzene rings is 1. The number of alkyl halides is 1. The first kappa shape index (κ1) is 12.6. The first-order chi connectivity index (χ1) is 8.02. The Morgan fingerprint density at radius 2 is 2.00 bits per heavy atom. The van der Waals surface area contributed by atoms with E-state index in [1.165, 1.54) is 0 Å². The third kappa shape index (κ3) is 2.88. The van der Waals surface area contributed by atoms with E-state index in [1.54, 1.807) is 12.1 Å². The maximum absolute atomic E-state index is 11.4. The third-order valence-corrected chi connectivity index (χ3v) is 6.11. The zero-order valence-electron chi connectivity index (χ0n) is 9.14. The molecule has 0 aliphatic carbocycles. The highest BCUT2D eigenvalue weighted by Gasteiger charge is 2.33. The molecule has 0 spiro atoms. The van der Waals surface area contributed by atoms with Crippen LogP contribution in [-0.4, -0.2) is 19.9 Å². The molecule has 2 rings (SSSR count). The molecule has 1 aromatic carbocycles. The molecule has 2 unspecified atom stereocenters. The lowest BCUT2D eigenvalue weighted by Crippen LogP contribution is -2.10. The molecule has 1 aliphatic rings. The van der Waals surface area contributed by atoms with Gasteiger partial charge >= 0.3 is 0 Å². The molecule has 1 heterocycles. The van der Waals surface area contributed by atoms with Crippen molar-refractivity contribution in [3.63, 3.8) is 0 Å². The topological polar surface area (TPSA) is 57.9 Å². The predicted molar refractivity (Wildman–Crippen MR) is 69.6 cm³/mol. The van der Waals surface area contributed by atoms with Gasteiger partial charge in [-0.2, -0.15) is 5.26 Å². The van der Waals surface area contributed by atoms with E-state index in [0.717, 1.165) is 5.56 Å². The van der Waals surface area contributed by atoms with E-state index in [2.05, 4.69) is 22.0 Å². The number of rotatable bonds is 2. The van der Waals surface area contributed by atoms with Gasteiger partial charge in [0, 0.05) is 4.83 Å². The van der Waals surface area contributed by atoms with E-state index in [0.29, 0.717) is 12.0 Å². The minimum absolute atomic E-state index is 0.0486. The summed E-state index contributed by atoms with van der Waals surface area (Å²) in [5.74, 6) is 0.673. The Balaban J connectivity index is 2.15. The Bertz CT molecular complexity index is 545. The minimum Gasteiger partial charge on any atom is -0.229 e. The SMILES string of the molecule is N#Cc1ccc(C(Br)C2CCS(=O)(=O)C2)cc1. The van der Waals surface area contributed by atoms with Crippen molar-refractivity contribution >= 4 is 25.8 Å². The van der Waals surface area contributed by atoms with Crippen molar-refractivity contribution in [3.05, 3.63) is 35.4 Å². The highest BCUT2D eigenvalue weighted by Crippen LogP contribution is 2.37. The van der Waals surface area contributed by atoms with Gasteiger partial charge in [-0.3, -0.25) is 0 Å². The lowest BCUT2D eigenvalue weighted by Gasteiger charge is -2.16. The zero-order valence-corrected chi connectivity index (χ0v) is 11.5. The van der Waals surface area contributed by atoms with Crippen molar-refractivity contribution in [1.82, 2.24) is 0 Å². The molecule has 1 aromatic rings. The smallest absolute Gasteiger partial charge is 0.150 e. The van der Waals surface area contributed by atoms with Crippen molar-refractivity contribution in [2.45, 2.75) is 11.2 Å². The first-order valence-corrected chi connectivity index (χ1v) is 8.10. The Morgan fingerprint density at radius 3 is 2.47 bits per heavy atom. The van der Waals surface area contributed by atoms with Crippen LogP contribution in [0.4, 0.5) is 0 Å². The largest absolute Gasteiger partial charge is 0.229 e. The normalized spacial score (nSPS) is 24.1. The van der Waals surface area contributed by atoms with E-state index in [-0.39, 0.29) is 22.3 Å². The van der Waals surface area contributed by atoms with E-state index >= 15 is 0 Å². The molecule has 1 fully saturated rings. The monoisotopic (exact) mass is 313 g/mol. The molecule has 5 heteroatoms. The maximum Gasteiger partial charge on any atom is 0.150 e. The van der Waals surface area contributed by atoms with Crippen LogP contribution in [0.5, 0.6) is 0 Å². The summed E-state index contributed by atoms with van der Waals surface area (Å²) in [5.41, 5.74) is 1.65. The maximum atomic E-state index is 11.4. The number of nitriles is 1. The second kappa shape index (κ2) is 4.79. The van der Waals surface area contributed by atoms with Crippen molar-refractivity contribution in [2.75, 3.05) is 11.5 Å². The summed E-state index contributed by atoms with van der Waals surface area (Å²) in [5, 5.41) is 8.71. The summed E-state index contributed by atoms with van der Waals surface area (Å²) in [6.45, 7) is 0. The van der Waals surface area contributed by atoms with Crippen molar-refractivity contribution in [2.24, 2.45) is 5.92 Å². The van der Waals surface area contributed by atoms with Gasteiger partial charge in [0.05, 0.1) is 23.1 Å². The highest BCUT2D eigenvalue weighted by molar-refractivity contribution is 9.09. The summed E-state index contributed by atoms with van der Waals surface area (Å²) in [6.07, 6.45) is 0.707. The Kier molecular flexibility index (Phi) is 3.55. The number of nitrogens with zero attached hydrogens (tertiary/aromatic N) is 1. The van der Waals surface area contributed by atoms with Gasteiger partial charge < -0.3 is 0 Å². The van der Waals surface area contributed by atoms with Crippen LogP contribution in [0.15, 0.2) is 24.3 Å². The van der Waals surface area contributed by atoms with E-state index < -0.39 is 9.84 Å². The van der Waals surface area contributed by atoms with Gasteiger partial charge in [-0.1, -0.05) is 28.1 Å². The summed E-state index contributed by atoms with van der Waals surface area (Å²) in [4.78, 5) is 0.0486. The fourth-order valence-corrected chi connectivity index (χ4v) is 4.91. The van der Waals surface area contributed by atoms with Crippen molar-refractivity contribution < 1.29 is 8.42 Å². The quantitative estimate of drug-likeness (QED) is 0.788. The summed E-state index contributed by atoms with van der Waals surface area (Å²) in [7, 11) is -2.84. The average Bonchev–Trinajstić information content (AvgIpc) is 2.69. The molecular formula is C12H12BrNO2S. The van der Waals surface area contributed by atoms with Gasteiger partial charge in [-0.05, 0) is 30.0 Å². The van der Waals surface area contributed by atoms with Crippen molar-refractivity contribution in [3.8, 4) is 6.07 Å². The number of hydrogen-bond donors (Lipinski definition) is 0. The average molecular weight is 314 g/mol. The van der Waals surface area contributed by atoms with Crippen LogP contribution >= 0.6 is 15.9 Å². The number of hydrogen-bond acceptors (Lipinski definition) is 3. The summed E-state index contributed by atoms with van der Waals surface area (Å²) >= 11 is 3.56. The first-order valence-electron chi connectivity index (χ1n) is 5.36. The third-order valence-electron chi connectivity index (χ3n) is 3.04. The molecule has 3 nitrogen and oxygen atoms in total. The predicted octanol–water partition coefficient (Wildman–Crippen LogP) is 2.43. The Hall–Kier alpha value is -0.860. The van der Waals surface area contributed by atoms with Gasteiger partial charge in [0.15, 0.2) is 9.84 Å². The van der Waals surface area contributed by atoms with Crippen LogP contribution in [0.3, 0.4) is 0 Å². The minimum atomic E-state index is -2.84. The molecule has 0 saturated carbocycles. The molecule has 0 bridgehead atoms. The van der Waals surface area contributed by atoms with Crippen LogP contribution < -0.4 is 0 Å². The van der Waals surface area contributed by atoms with Crippen molar-refractivity contribution in [1.29, 1.82) is 5.26 Å². The van der Waals surface area contributed by atoms with Gasteiger partial charge in [-0.25, -0.2) is 8.42 Å².